The maximum atomic E-state index is 12.5. The van der Waals surface area contributed by atoms with E-state index in [2.05, 4.69) is 17.6 Å². The molecule has 2 rings (SSSR count). The summed E-state index contributed by atoms with van der Waals surface area (Å²) in [6, 6.07) is 6.98. The fraction of sp³-hybridized carbons (Fsp3) is 0.500. The number of nitrogens with one attached hydrogen (secondary N) is 2. The highest BCUT2D eigenvalue weighted by Gasteiger charge is 2.21. The molecule has 1 saturated heterocycles. The quantitative estimate of drug-likeness (QED) is 0.559. The van der Waals surface area contributed by atoms with Crippen molar-refractivity contribution in [3.05, 3.63) is 29.8 Å². The van der Waals surface area contributed by atoms with Crippen molar-refractivity contribution in [1.29, 1.82) is 0 Å². The first-order valence-electron chi connectivity index (χ1n) is 9.54. The topological polar surface area (TPSA) is 87.7 Å². The van der Waals surface area contributed by atoms with Crippen LogP contribution in [0.2, 0.25) is 0 Å². The number of piperidine rings is 1. The molecule has 7 nitrogen and oxygen atoms in total. The Morgan fingerprint density at radius 1 is 1.14 bits per heavy atom. The molecule has 1 aromatic carbocycles. The summed E-state index contributed by atoms with van der Waals surface area (Å²) < 4.78 is 4.77. The summed E-state index contributed by atoms with van der Waals surface area (Å²) >= 11 is 5.11. The van der Waals surface area contributed by atoms with Crippen LogP contribution in [0.1, 0.15) is 49.9 Å². The normalized spacial score (nSPS) is 14.3. The number of rotatable bonds is 6. The van der Waals surface area contributed by atoms with Gasteiger partial charge in [-0.25, -0.2) is 0 Å². The van der Waals surface area contributed by atoms with Crippen LogP contribution in [-0.2, 0) is 14.3 Å². The number of ether oxygens (including phenoxy) is 1. The molecule has 1 fully saturated rings. The predicted octanol–water partition coefficient (Wildman–Crippen LogP) is 2.72. The molecular formula is C20H27N3O4S. The predicted molar refractivity (Wildman–Crippen MR) is 111 cm³/mol. The number of benzene rings is 1. The van der Waals surface area contributed by atoms with Crippen LogP contribution in [0.5, 0.6) is 0 Å². The molecule has 0 bridgehead atoms. The summed E-state index contributed by atoms with van der Waals surface area (Å²) in [4.78, 5) is 37.5. The van der Waals surface area contributed by atoms with Gasteiger partial charge in [-0.15, -0.1) is 0 Å². The van der Waals surface area contributed by atoms with E-state index in [1.807, 2.05) is 4.90 Å². The Kier molecular flexibility index (Phi) is 8.38. The second-order valence-electron chi connectivity index (χ2n) is 6.86. The molecule has 0 unspecified atom stereocenters. The van der Waals surface area contributed by atoms with Crippen molar-refractivity contribution in [3.8, 4) is 0 Å². The van der Waals surface area contributed by atoms with Crippen LogP contribution in [0, 0.1) is 5.92 Å². The molecule has 0 atom stereocenters. The lowest BCUT2D eigenvalue weighted by Gasteiger charge is -2.30. The van der Waals surface area contributed by atoms with Crippen LogP contribution in [0.25, 0.3) is 0 Å². The van der Waals surface area contributed by atoms with Crippen molar-refractivity contribution < 1.29 is 19.1 Å². The highest BCUT2D eigenvalue weighted by molar-refractivity contribution is 7.80. The molecule has 2 amide bonds. The molecule has 1 aliphatic rings. The Morgan fingerprint density at radius 2 is 1.79 bits per heavy atom. The molecule has 1 aliphatic heterocycles. The standard InChI is InChI=1S/C20H27N3O4S/c1-3-27-18(25)9-8-17(24)22-20(28)21-16-6-4-15(5-7-16)19(26)23-12-10-14(2)11-13-23/h4-7,14H,3,8-13H2,1-2H3,(H2,21,22,24,28). The summed E-state index contributed by atoms with van der Waals surface area (Å²) in [5.41, 5.74) is 1.30. The number of amides is 2. The maximum Gasteiger partial charge on any atom is 0.306 e. The van der Waals surface area contributed by atoms with Crippen molar-refractivity contribution >= 4 is 40.8 Å². The minimum atomic E-state index is -0.417. The Labute approximate surface area is 170 Å². The number of thiocarbonyl (C=S) groups is 1. The lowest BCUT2D eigenvalue weighted by molar-refractivity contribution is -0.144. The molecule has 0 aromatic heterocycles. The van der Waals surface area contributed by atoms with Crippen LogP contribution >= 0.6 is 12.2 Å². The first-order chi connectivity index (χ1) is 13.4. The zero-order valence-corrected chi connectivity index (χ0v) is 17.1. The molecule has 1 aromatic rings. The number of hydrogen-bond donors (Lipinski definition) is 2. The van der Waals surface area contributed by atoms with E-state index in [0.29, 0.717) is 17.2 Å². The molecule has 8 heteroatoms. The smallest absolute Gasteiger partial charge is 0.306 e. The molecular weight excluding hydrogens is 378 g/mol. The average Bonchev–Trinajstić information content (AvgIpc) is 2.67. The van der Waals surface area contributed by atoms with Crippen molar-refractivity contribution in [2.75, 3.05) is 25.0 Å². The Morgan fingerprint density at radius 3 is 2.39 bits per heavy atom. The number of likely N-dealkylation sites (tertiary alicyclic amines) is 1. The van der Waals surface area contributed by atoms with E-state index >= 15 is 0 Å². The van der Waals surface area contributed by atoms with Gasteiger partial charge in [0.15, 0.2) is 5.11 Å². The van der Waals surface area contributed by atoms with E-state index in [-0.39, 0.29) is 36.4 Å². The van der Waals surface area contributed by atoms with Gasteiger partial charge < -0.3 is 20.3 Å². The van der Waals surface area contributed by atoms with E-state index in [4.69, 9.17) is 17.0 Å². The van der Waals surface area contributed by atoms with E-state index in [0.717, 1.165) is 25.9 Å². The first-order valence-corrected chi connectivity index (χ1v) is 9.95. The van der Waals surface area contributed by atoms with Gasteiger partial charge in [-0.05, 0) is 62.2 Å². The summed E-state index contributed by atoms with van der Waals surface area (Å²) in [5, 5.41) is 5.55. The Balaban J connectivity index is 1.79. The second-order valence-corrected chi connectivity index (χ2v) is 7.27. The largest absolute Gasteiger partial charge is 0.466 e. The number of nitrogens with zero attached hydrogens (tertiary/aromatic N) is 1. The lowest BCUT2D eigenvalue weighted by atomic mass is 9.98. The van der Waals surface area contributed by atoms with E-state index in [1.54, 1.807) is 31.2 Å². The van der Waals surface area contributed by atoms with E-state index < -0.39 is 5.97 Å². The third-order valence-electron chi connectivity index (χ3n) is 4.58. The fourth-order valence-corrected chi connectivity index (χ4v) is 3.12. The van der Waals surface area contributed by atoms with Crippen molar-refractivity contribution in [2.45, 2.75) is 39.5 Å². The average molecular weight is 406 g/mol. The number of esters is 1. The second kappa shape index (κ2) is 10.8. The number of hydrogen-bond acceptors (Lipinski definition) is 5. The summed E-state index contributed by atoms with van der Waals surface area (Å²) in [6.45, 7) is 5.79. The van der Waals surface area contributed by atoms with E-state index in [1.165, 1.54) is 0 Å². The van der Waals surface area contributed by atoms with Crippen LogP contribution in [0.15, 0.2) is 24.3 Å². The SMILES string of the molecule is CCOC(=O)CCC(=O)NC(=S)Nc1ccc(C(=O)N2CCC(C)CC2)cc1. The third kappa shape index (κ3) is 6.92. The number of anilines is 1. The molecule has 1 heterocycles. The van der Waals surface area contributed by atoms with Gasteiger partial charge in [0, 0.05) is 30.8 Å². The van der Waals surface area contributed by atoms with Crippen molar-refractivity contribution in [1.82, 2.24) is 10.2 Å². The van der Waals surface area contributed by atoms with Gasteiger partial charge in [0.25, 0.3) is 5.91 Å². The van der Waals surface area contributed by atoms with Crippen LogP contribution in [0.4, 0.5) is 5.69 Å². The van der Waals surface area contributed by atoms with Crippen LogP contribution in [0.3, 0.4) is 0 Å². The zero-order valence-electron chi connectivity index (χ0n) is 16.3. The summed E-state index contributed by atoms with van der Waals surface area (Å²) in [6.07, 6.45) is 2.09. The Hall–Kier alpha value is -2.48. The summed E-state index contributed by atoms with van der Waals surface area (Å²) in [7, 11) is 0. The molecule has 0 radical (unpaired) electrons. The molecule has 0 spiro atoms. The minimum Gasteiger partial charge on any atom is -0.466 e. The van der Waals surface area contributed by atoms with Gasteiger partial charge >= 0.3 is 5.97 Å². The molecule has 28 heavy (non-hydrogen) atoms. The molecule has 152 valence electrons. The number of carbonyl (C=O) groups is 3. The Bertz CT molecular complexity index is 713. The summed E-state index contributed by atoms with van der Waals surface area (Å²) in [5.74, 6) is -0.0749. The van der Waals surface area contributed by atoms with Crippen LogP contribution < -0.4 is 10.6 Å². The van der Waals surface area contributed by atoms with Gasteiger partial charge in [-0.2, -0.15) is 0 Å². The fourth-order valence-electron chi connectivity index (χ4n) is 2.89. The van der Waals surface area contributed by atoms with Gasteiger partial charge in [-0.1, -0.05) is 6.92 Å². The highest BCUT2D eigenvalue weighted by atomic mass is 32.1. The minimum absolute atomic E-state index is 0.00252. The maximum absolute atomic E-state index is 12.5. The lowest BCUT2D eigenvalue weighted by Crippen LogP contribution is -2.37. The van der Waals surface area contributed by atoms with Gasteiger partial charge in [0.05, 0.1) is 13.0 Å². The van der Waals surface area contributed by atoms with E-state index in [9.17, 15) is 14.4 Å². The molecule has 0 saturated carbocycles. The molecule has 2 N–H and O–H groups in total. The number of carbonyl (C=O) groups excluding carboxylic acids is 3. The van der Waals surface area contributed by atoms with Gasteiger partial charge in [0.1, 0.15) is 0 Å². The zero-order chi connectivity index (χ0) is 20.5. The van der Waals surface area contributed by atoms with Crippen molar-refractivity contribution in [2.24, 2.45) is 5.92 Å². The van der Waals surface area contributed by atoms with Crippen LogP contribution in [-0.4, -0.2) is 47.5 Å². The monoisotopic (exact) mass is 405 g/mol. The van der Waals surface area contributed by atoms with Gasteiger partial charge in [0.2, 0.25) is 5.91 Å². The highest BCUT2D eigenvalue weighted by Crippen LogP contribution is 2.19. The first kappa shape index (κ1) is 21.8. The van der Waals surface area contributed by atoms with Gasteiger partial charge in [-0.3, -0.25) is 14.4 Å². The third-order valence-corrected chi connectivity index (χ3v) is 4.78. The molecule has 0 aliphatic carbocycles. The van der Waals surface area contributed by atoms with Crippen molar-refractivity contribution in [3.63, 3.8) is 0 Å².